The largest absolute Gasteiger partial charge is 0.416 e. The molecule has 172 valence electrons. The molecule has 2 aromatic heterocycles. The molecule has 0 unspecified atom stereocenters. The van der Waals surface area contributed by atoms with Gasteiger partial charge in [0.15, 0.2) is 5.16 Å². The fraction of sp³-hybridized carbons (Fsp3) is 0.240. The molecule has 0 saturated carbocycles. The van der Waals surface area contributed by atoms with E-state index in [-0.39, 0.29) is 11.2 Å². The van der Waals surface area contributed by atoms with Gasteiger partial charge in [-0.2, -0.15) is 18.4 Å². The Morgan fingerprint density at radius 1 is 1.12 bits per heavy atom. The molecule has 0 aliphatic heterocycles. The summed E-state index contributed by atoms with van der Waals surface area (Å²) in [7, 11) is 0. The van der Waals surface area contributed by atoms with E-state index in [0.717, 1.165) is 53.8 Å². The smallest absolute Gasteiger partial charge is 0.268 e. The third-order valence-corrected chi connectivity index (χ3v) is 8.06. The molecule has 0 spiro atoms. The van der Waals surface area contributed by atoms with Crippen LogP contribution >= 0.6 is 23.1 Å². The van der Waals surface area contributed by atoms with Gasteiger partial charge in [-0.15, -0.1) is 11.3 Å². The molecule has 4 nitrogen and oxygen atoms in total. The summed E-state index contributed by atoms with van der Waals surface area (Å²) >= 11 is 2.74. The summed E-state index contributed by atoms with van der Waals surface area (Å²) in [5.41, 5.74) is 1.22. The highest BCUT2D eigenvalue weighted by molar-refractivity contribution is 7.98. The average molecular weight is 498 g/mol. The molecular weight excluding hydrogens is 479 g/mol. The van der Waals surface area contributed by atoms with Crippen molar-refractivity contribution in [2.75, 3.05) is 0 Å². The van der Waals surface area contributed by atoms with E-state index in [1.165, 1.54) is 39.8 Å². The number of thioether (sulfide) groups is 1. The molecule has 9 heteroatoms. The van der Waals surface area contributed by atoms with E-state index in [0.29, 0.717) is 26.7 Å². The van der Waals surface area contributed by atoms with E-state index in [4.69, 9.17) is 4.98 Å². The lowest BCUT2D eigenvalue weighted by Crippen LogP contribution is -2.22. The van der Waals surface area contributed by atoms with Crippen LogP contribution in [-0.2, 0) is 24.8 Å². The SMILES string of the molecule is N#Cc1ccccc1CSc1nc2sc3c(c2c(=O)n1-c1cccc(C(F)(F)F)c1)CCCC3. The van der Waals surface area contributed by atoms with Crippen LogP contribution in [0.25, 0.3) is 15.9 Å². The Morgan fingerprint density at radius 2 is 1.91 bits per heavy atom. The van der Waals surface area contributed by atoms with Crippen molar-refractivity contribution in [2.45, 2.75) is 42.8 Å². The van der Waals surface area contributed by atoms with Gasteiger partial charge in [-0.1, -0.05) is 36.0 Å². The van der Waals surface area contributed by atoms with Crippen LogP contribution in [0.15, 0.2) is 58.5 Å². The maximum Gasteiger partial charge on any atom is 0.416 e. The number of aryl methyl sites for hydroxylation is 2. The lowest BCUT2D eigenvalue weighted by atomic mass is 9.97. The highest BCUT2D eigenvalue weighted by Crippen LogP contribution is 2.36. The van der Waals surface area contributed by atoms with Crippen LogP contribution in [0.3, 0.4) is 0 Å². The standard InChI is InChI=1S/C25H18F3N3OS2/c26-25(27,28)17-8-5-9-18(12-17)31-23(32)21-19-10-3-4-11-20(19)34-22(21)30-24(31)33-14-16-7-2-1-6-15(16)13-29/h1-2,5-9,12H,3-4,10-11,14H2. The van der Waals surface area contributed by atoms with Crippen LogP contribution in [0, 0.1) is 11.3 Å². The topological polar surface area (TPSA) is 58.7 Å². The molecule has 0 fully saturated rings. The van der Waals surface area contributed by atoms with Crippen molar-refractivity contribution in [3.05, 3.63) is 86.0 Å². The summed E-state index contributed by atoms with van der Waals surface area (Å²) in [6.07, 6.45) is -0.844. The number of rotatable bonds is 4. The normalized spacial score (nSPS) is 13.6. The minimum Gasteiger partial charge on any atom is -0.268 e. The summed E-state index contributed by atoms with van der Waals surface area (Å²) in [4.78, 5) is 20.3. The van der Waals surface area contributed by atoms with Crippen molar-refractivity contribution in [3.63, 3.8) is 0 Å². The molecule has 0 saturated heterocycles. The van der Waals surface area contributed by atoms with E-state index in [2.05, 4.69) is 6.07 Å². The second-order valence-corrected chi connectivity index (χ2v) is 10.1. The number of fused-ring (bicyclic) bond motifs is 3. The molecule has 0 radical (unpaired) electrons. The van der Waals surface area contributed by atoms with Crippen molar-refractivity contribution in [1.29, 1.82) is 5.26 Å². The van der Waals surface area contributed by atoms with Crippen LogP contribution < -0.4 is 5.56 Å². The van der Waals surface area contributed by atoms with Crippen LogP contribution in [-0.4, -0.2) is 9.55 Å². The predicted molar refractivity (Wildman–Crippen MR) is 128 cm³/mol. The minimum absolute atomic E-state index is 0.126. The third kappa shape index (κ3) is 4.12. The van der Waals surface area contributed by atoms with E-state index in [1.54, 1.807) is 12.1 Å². The summed E-state index contributed by atoms with van der Waals surface area (Å²) in [5.74, 6) is 0.353. The van der Waals surface area contributed by atoms with Crippen LogP contribution in [0.1, 0.15) is 40.0 Å². The van der Waals surface area contributed by atoms with Crippen LogP contribution in [0.2, 0.25) is 0 Å². The zero-order valence-corrected chi connectivity index (χ0v) is 19.5. The monoisotopic (exact) mass is 497 g/mol. The van der Waals surface area contributed by atoms with Gasteiger partial charge in [0.2, 0.25) is 0 Å². The van der Waals surface area contributed by atoms with E-state index in [1.807, 2.05) is 12.1 Å². The highest BCUT2D eigenvalue weighted by atomic mass is 32.2. The third-order valence-electron chi connectivity index (χ3n) is 5.88. The van der Waals surface area contributed by atoms with Crippen LogP contribution in [0.5, 0.6) is 0 Å². The van der Waals surface area contributed by atoms with Gasteiger partial charge in [-0.25, -0.2) is 4.98 Å². The molecule has 1 aliphatic carbocycles. The van der Waals surface area contributed by atoms with Gasteiger partial charge >= 0.3 is 6.18 Å². The lowest BCUT2D eigenvalue weighted by molar-refractivity contribution is -0.137. The maximum absolute atomic E-state index is 13.8. The first-order valence-electron chi connectivity index (χ1n) is 10.7. The van der Waals surface area contributed by atoms with Gasteiger partial charge in [-0.3, -0.25) is 9.36 Å². The zero-order chi connectivity index (χ0) is 23.9. The van der Waals surface area contributed by atoms with Crippen LogP contribution in [0.4, 0.5) is 13.2 Å². The number of alkyl halides is 3. The molecule has 0 atom stereocenters. The summed E-state index contributed by atoms with van der Waals surface area (Å²) in [5, 5.41) is 10.2. The van der Waals surface area contributed by atoms with E-state index < -0.39 is 11.7 Å². The fourth-order valence-corrected chi connectivity index (χ4v) is 6.55. The number of nitrogens with zero attached hydrogens (tertiary/aromatic N) is 3. The van der Waals surface area contributed by atoms with Gasteiger partial charge < -0.3 is 0 Å². The van der Waals surface area contributed by atoms with Crippen molar-refractivity contribution in [1.82, 2.24) is 9.55 Å². The van der Waals surface area contributed by atoms with Crippen molar-refractivity contribution < 1.29 is 13.2 Å². The fourth-order valence-electron chi connectivity index (χ4n) is 4.23. The number of thiophene rings is 1. The number of aromatic nitrogens is 2. The first kappa shape index (κ1) is 22.7. The molecule has 0 N–H and O–H groups in total. The number of hydrogen-bond acceptors (Lipinski definition) is 5. The Kier molecular flexibility index (Phi) is 5.96. The molecule has 1 aliphatic rings. The Hall–Kier alpha value is -3.09. The molecule has 2 heterocycles. The first-order valence-corrected chi connectivity index (χ1v) is 12.5. The molecule has 0 amide bonds. The van der Waals surface area contributed by atoms with Gasteiger partial charge in [-0.05, 0) is 61.1 Å². The van der Waals surface area contributed by atoms with Gasteiger partial charge in [0, 0.05) is 10.6 Å². The summed E-state index contributed by atoms with van der Waals surface area (Å²) in [6, 6.07) is 14.0. The summed E-state index contributed by atoms with van der Waals surface area (Å²) in [6.45, 7) is 0. The summed E-state index contributed by atoms with van der Waals surface area (Å²) < 4.78 is 41.6. The second kappa shape index (κ2) is 8.93. The molecule has 0 bridgehead atoms. The number of hydrogen-bond donors (Lipinski definition) is 0. The van der Waals surface area contributed by atoms with Crippen molar-refractivity contribution in [3.8, 4) is 11.8 Å². The Labute approximate surface area is 201 Å². The second-order valence-electron chi connectivity index (χ2n) is 8.03. The van der Waals surface area contributed by atoms with E-state index in [9.17, 15) is 23.2 Å². The molecule has 2 aromatic carbocycles. The highest BCUT2D eigenvalue weighted by Gasteiger charge is 2.31. The minimum atomic E-state index is -4.53. The van der Waals surface area contributed by atoms with Gasteiger partial charge in [0.05, 0.1) is 28.3 Å². The van der Waals surface area contributed by atoms with Crippen molar-refractivity contribution in [2.24, 2.45) is 0 Å². The molecule has 5 rings (SSSR count). The zero-order valence-electron chi connectivity index (χ0n) is 17.9. The van der Waals surface area contributed by atoms with Gasteiger partial charge in [0.1, 0.15) is 4.83 Å². The lowest BCUT2D eigenvalue weighted by Gasteiger charge is -2.15. The number of benzene rings is 2. The van der Waals surface area contributed by atoms with Gasteiger partial charge in [0.25, 0.3) is 5.56 Å². The predicted octanol–water partition coefficient (Wildman–Crippen LogP) is 6.51. The Balaban J connectivity index is 1.69. The average Bonchev–Trinajstić information content (AvgIpc) is 3.21. The quantitative estimate of drug-likeness (QED) is 0.238. The molecule has 34 heavy (non-hydrogen) atoms. The van der Waals surface area contributed by atoms with Crippen molar-refractivity contribution >= 4 is 33.3 Å². The van der Waals surface area contributed by atoms with E-state index >= 15 is 0 Å². The number of nitriles is 1. The molecule has 4 aromatic rings. The molecular formula is C25H18F3N3OS2. The maximum atomic E-state index is 13.8. The Morgan fingerprint density at radius 3 is 2.71 bits per heavy atom. The Bertz CT molecular complexity index is 1500. The number of halogens is 3. The first-order chi connectivity index (χ1) is 16.4.